The van der Waals surface area contributed by atoms with Gasteiger partial charge in [0, 0.05) is 18.2 Å². The van der Waals surface area contributed by atoms with Gasteiger partial charge in [-0.2, -0.15) is 0 Å². The number of nitrogens with zero attached hydrogens (tertiary/aromatic N) is 1. The fraction of sp³-hybridized carbons (Fsp3) is 0.500. The van der Waals surface area contributed by atoms with Crippen LogP contribution in [0.15, 0.2) is 18.2 Å². The summed E-state index contributed by atoms with van der Waals surface area (Å²) < 4.78 is 0. The zero-order chi connectivity index (χ0) is 13.1. The molecule has 1 heterocycles. The predicted octanol–water partition coefficient (Wildman–Crippen LogP) is 1.02. The van der Waals surface area contributed by atoms with Crippen LogP contribution in [-0.2, 0) is 6.54 Å². The lowest BCUT2D eigenvalue weighted by Gasteiger charge is -2.30. The fourth-order valence-corrected chi connectivity index (χ4v) is 2.38. The molecule has 4 heteroatoms. The maximum atomic E-state index is 11.1. The van der Waals surface area contributed by atoms with Crippen molar-refractivity contribution in [2.75, 3.05) is 13.1 Å². The number of amides is 1. The van der Waals surface area contributed by atoms with Gasteiger partial charge in [-0.25, -0.2) is 0 Å². The molecular weight excluding hydrogens is 226 g/mol. The minimum Gasteiger partial charge on any atom is -0.366 e. The molecular formula is C14H21N3O. The minimum atomic E-state index is -0.367. The smallest absolute Gasteiger partial charge is 0.248 e. The molecule has 0 aliphatic carbocycles. The van der Waals surface area contributed by atoms with E-state index < -0.39 is 0 Å². The zero-order valence-electron chi connectivity index (χ0n) is 10.9. The molecule has 0 spiro atoms. The lowest BCUT2D eigenvalue weighted by molar-refractivity contribution is 0.1000. The van der Waals surface area contributed by atoms with Gasteiger partial charge in [-0.15, -0.1) is 0 Å². The third-order valence-corrected chi connectivity index (χ3v) is 3.65. The number of hydrogen-bond donors (Lipinski definition) is 2. The molecule has 1 aliphatic heterocycles. The van der Waals surface area contributed by atoms with Crippen molar-refractivity contribution in [3.8, 4) is 0 Å². The van der Waals surface area contributed by atoms with Gasteiger partial charge in [0.2, 0.25) is 5.91 Å². The number of benzene rings is 1. The number of carbonyl (C=O) groups is 1. The Morgan fingerprint density at radius 2 is 2.06 bits per heavy atom. The summed E-state index contributed by atoms with van der Waals surface area (Å²) in [7, 11) is 0. The molecule has 0 atom stereocenters. The lowest BCUT2D eigenvalue weighted by atomic mass is 10.0. The molecule has 0 bridgehead atoms. The fourth-order valence-electron chi connectivity index (χ4n) is 2.38. The van der Waals surface area contributed by atoms with Gasteiger partial charge in [-0.1, -0.05) is 6.07 Å². The van der Waals surface area contributed by atoms with E-state index in [4.69, 9.17) is 11.5 Å². The summed E-state index contributed by atoms with van der Waals surface area (Å²) in [4.78, 5) is 13.5. The summed E-state index contributed by atoms with van der Waals surface area (Å²) in [5, 5.41) is 0. The first-order chi connectivity index (χ1) is 8.56. The van der Waals surface area contributed by atoms with Crippen LogP contribution in [0.5, 0.6) is 0 Å². The Morgan fingerprint density at radius 3 is 2.61 bits per heavy atom. The minimum absolute atomic E-state index is 0.361. The summed E-state index contributed by atoms with van der Waals surface area (Å²) in [5.74, 6) is -0.367. The van der Waals surface area contributed by atoms with Gasteiger partial charge in [0.05, 0.1) is 0 Å². The van der Waals surface area contributed by atoms with Gasteiger partial charge in [-0.3, -0.25) is 9.69 Å². The first-order valence-corrected chi connectivity index (χ1v) is 6.43. The van der Waals surface area contributed by atoms with E-state index in [1.165, 1.54) is 5.56 Å². The monoisotopic (exact) mass is 247 g/mol. The Hall–Kier alpha value is -1.39. The Bertz CT molecular complexity index is 437. The van der Waals surface area contributed by atoms with Gasteiger partial charge in [-0.05, 0) is 56.1 Å². The number of primary amides is 1. The second-order valence-corrected chi connectivity index (χ2v) is 5.12. The molecule has 0 saturated carbocycles. The van der Waals surface area contributed by atoms with Gasteiger partial charge in [0.1, 0.15) is 0 Å². The van der Waals surface area contributed by atoms with E-state index in [-0.39, 0.29) is 5.91 Å². The Morgan fingerprint density at radius 1 is 1.39 bits per heavy atom. The molecule has 0 aromatic heterocycles. The normalized spacial score (nSPS) is 17.9. The predicted molar refractivity (Wildman–Crippen MR) is 72.2 cm³/mol. The van der Waals surface area contributed by atoms with Crippen LogP contribution in [0.25, 0.3) is 0 Å². The summed E-state index contributed by atoms with van der Waals surface area (Å²) >= 11 is 0. The molecule has 4 N–H and O–H groups in total. The Labute approximate surface area is 108 Å². The summed E-state index contributed by atoms with van der Waals surface area (Å²) in [6.45, 7) is 5.06. The molecule has 0 radical (unpaired) electrons. The van der Waals surface area contributed by atoms with Crippen molar-refractivity contribution < 1.29 is 4.79 Å². The van der Waals surface area contributed by atoms with Gasteiger partial charge >= 0.3 is 0 Å². The number of hydrogen-bond acceptors (Lipinski definition) is 3. The maximum absolute atomic E-state index is 11.1. The number of nitrogens with two attached hydrogens (primary N) is 2. The number of piperidine rings is 1. The number of rotatable bonds is 3. The van der Waals surface area contributed by atoms with Gasteiger partial charge < -0.3 is 11.5 Å². The molecule has 1 amide bonds. The van der Waals surface area contributed by atoms with E-state index in [0.717, 1.165) is 38.0 Å². The average molecular weight is 247 g/mol. The molecule has 1 aromatic rings. The zero-order valence-corrected chi connectivity index (χ0v) is 10.9. The van der Waals surface area contributed by atoms with E-state index in [1.807, 2.05) is 19.1 Å². The molecule has 2 rings (SSSR count). The van der Waals surface area contributed by atoms with Crippen LogP contribution in [-0.4, -0.2) is 29.9 Å². The topological polar surface area (TPSA) is 72.4 Å². The highest BCUT2D eigenvalue weighted by Gasteiger charge is 2.16. The van der Waals surface area contributed by atoms with Gasteiger partial charge in [0.25, 0.3) is 0 Å². The Balaban J connectivity index is 2.03. The van der Waals surface area contributed by atoms with Crippen molar-refractivity contribution >= 4 is 5.91 Å². The van der Waals surface area contributed by atoms with E-state index >= 15 is 0 Å². The molecule has 1 fully saturated rings. The molecule has 0 unspecified atom stereocenters. The SMILES string of the molecule is Cc1cc(C(N)=O)ccc1CN1CCC(N)CC1. The van der Waals surface area contributed by atoms with Crippen molar-refractivity contribution in [3.05, 3.63) is 34.9 Å². The molecule has 1 aromatic carbocycles. The average Bonchev–Trinajstić information content (AvgIpc) is 2.34. The van der Waals surface area contributed by atoms with Crippen molar-refractivity contribution in [2.45, 2.75) is 32.4 Å². The molecule has 1 saturated heterocycles. The molecule has 1 aliphatic rings. The molecule has 98 valence electrons. The van der Waals surface area contributed by atoms with Crippen LogP contribution in [0.2, 0.25) is 0 Å². The highest BCUT2D eigenvalue weighted by atomic mass is 16.1. The largest absolute Gasteiger partial charge is 0.366 e. The van der Waals surface area contributed by atoms with Crippen molar-refractivity contribution in [1.29, 1.82) is 0 Å². The molecule has 4 nitrogen and oxygen atoms in total. The standard InChI is InChI=1S/C14H21N3O/c1-10-8-11(14(16)18)2-3-12(10)9-17-6-4-13(15)5-7-17/h2-3,8,13H,4-7,9,15H2,1H3,(H2,16,18). The summed E-state index contributed by atoms with van der Waals surface area (Å²) in [6, 6.07) is 6.04. The van der Waals surface area contributed by atoms with Crippen LogP contribution in [0.4, 0.5) is 0 Å². The second-order valence-electron chi connectivity index (χ2n) is 5.12. The number of likely N-dealkylation sites (tertiary alicyclic amines) is 1. The van der Waals surface area contributed by atoms with Gasteiger partial charge in [0.15, 0.2) is 0 Å². The van der Waals surface area contributed by atoms with Crippen molar-refractivity contribution in [3.63, 3.8) is 0 Å². The van der Waals surface area contributed by atoms with E-state index in [1.54, 1.807) is 6.07 Å². The first kappa shape index (κ1) is 13.1. The summed E-state index contributed by atoms with van der Waals surface area (Å²) in [5.41, 5.74) is 14.1. The summed E-state index contributed by atoms with van der Waals surface area (Å²) in [6.07, 6.45) is 2.14. The van der Waals surface area contributed by atoms with E-state index in [2.05, 4.69) is 4.90 Å². The third kappa shape index (κ3) is 3.09. The van der Waals surface area contributed by atoms with Crippen LogP contribution < -0.4 is 11.5 Å². The van der Waals surface area contributed by atoms with Crippen molar-refractivity contribution in [2.24, 2.45) is 11.5 Å². The Kier molecular flexibility index (Phi) is 3.99. The van der Waals surface area contributed by atoms with E-state index in [0.29, 0.717) is 11.6 Å². The van der Waals surface area contributed by atoms with Crippen LogP contribution >= 0.6 is 0 Å². The highest BCUT2D eigenvalue weighted by molar-refractivity contribution is 5.93. The molecule has 18 heavy (non-hydrogen) atoms. The first-order valence-electron chi connectivity index (χ1n) is 6.43. The van der Waals surface area contributed by atoms with E-state index in [9.17, 15) is 4.79 Å². The van der Waals surface area contributed by atoms with Crippen LogP contribution in [0, 0.1) is 6.92 Å². The lowest BCUT2D eigenvalue weighted by Crippen LogP contribution is -2.39. The number of carbonyl (C=O) groups excluding carboxylic acids is 1. The highest BCUT2D eigenvalue weighted by Crippen LogP contribution is 2.16. The maximum Gasteiger partial charge on any atom is 0.248 e. The van der Waals surface area contributed by atoms with Crippen LogP contribution in [0.3, 0.4) is 0 Å². The number of aryl methyl sites for hydroxylation is 1. The van der Waals surface area contributed by atoms with Crippen molar-refractivity contribution in [1.82, 2.24) is 4.90 Å². The quantitative estimate of drug-likeness (QED) is 0.837. The third-order valence-electron chi connectivity index (χ3n) is 3.65. The second kappa shape index (κ2) is 5.50. The van der Waals surface area contributed by atoms with Crippen LogP contribution in [0.1, 0.15) is 34.3 Å².